The number of hydrogen-bond acceptors (Lipinski definition) is 1. The summed E-state index contributed by atoms with van der Waals surface area (Å²) < 4.78 is 17.6. The molecule has 0 fully saturated rings. The van der Waals surface area contributed by atoms with Gasteiger partial charge in [-0.25, -0.2) is 4.21 Å². The van der Waals surface area contributed by atoms with Gasteiger partial charge in [-0.1, -0.05) is 30.3 Å². The molecule has 15 heavy (non-hydrogen) atoms. The normalized spacial score (nSPS) is 12.6. The lowest BCUT2D eigenvalue weighted by Crippen LogP contribution is -2.33. The Morgan fingerprint density at radius 2 is 1.60 bits per heavy atom. The summed E-state index contributed by atoms with van der Waals surface area (Å²) >= 11 is -1.61. The van der Waals surface area contributed by atoms with Gasteiger partial charge in [-0.3, -0.25) is 0 Å². The second-order valence-electron chi connectivity index (χ2n) is 4.36. The zero-order chi connectivity index (χ0) is 11.9. The number of benzene rings is 1. The molecule has 1 rings (SSSR count). The van der Waals surface area contributed by atoms with Crippen molar-refractivity contribution >= 4 is 11.1 Å². The molecule has 0 saturated carbocycles. The summed E-state index contributed by atoms with van der Waals surface area (Å²) in [5.74, 6) is 0. The van der Waals surface area contributed by atoms with Crippen LogP contribution in [0.5, 0.6) is 0 Å². The van der Waals surface area contributed by atoms with Crippen LogP contribution in [0.1, 0.15) is 5.56 Å². The van der Waals surface area contributed by atoms with Gasteiger partial charge in [-0.2, -0.15) is 0 Å². The van der Waals surface area contributed by atoms with Crippen LogP contribution in [0.15, 0.2) is 30.3 Å². The molecule has 3 nitrogen and oxygen atoms in total. The molecule has 1 aromatic carbocycles. The van der Waals surface area contributed by atoms with Gasteiger partial charge in [0.05, 0.1) is 21.1 Å². The van der Waals surface area contributed by atoms with E-state index in [1.165, 1.54) is 11.8 Å². The van der Waals surface area contributed by atoms with Crippen LogP contribution in [0.3, 0.4) is 0 Å². The van der Waals surface area contributed by atoms with Crippen LogP contribution in [-0.2, 0) is 17.6 Å². The lowest BCUT2D eigenvalue weighted by Gasteiger charge is -2.23. The van der Waals surface area contributed by atoms with Crippen molar-refractivity contribution in [1.29, 1.82) is 0 Å². The van der Waals surface area contributed by atoms with Crippen molar-refractivity contribution in [3.05, 3.63) is 35.9 Å². The Morgan fingerprint density at radius 3 is 1.93 bits per heavy atom. The van der Waals surface area contributed by atoms with Crippen molar-refractivity contribution in [2.75, 3.05) is 27.4 Å². The van der Waals surface area contributed by atoms with E-state index in [1.54, 1.807) is 0 Å². The van der Waals surface area contributed by atoms with Crippen molar-refractivity contribution in [3.8, 4) is 0 Å². The monoisotopic (exact) mass is 230 g/mol. The second kappa shape index (κ2) is 6.71. The first-order valence-electron chi connectivity index (χ1n) is 4.68. The van der Waals surface area contributed by atoms with Gasteiger partial charge in [0.25, 0.3) is 0 Å². The lowest BCUT2D eigenvalue weighted by molar-refractivity contribution is -0.884. The summed E-state index contributed by atoms with van der Waals surface area (Å²) in [7, 11) is 6.60. The third kappa shape index (κ3) is 11.2. The van der Waals surface area contributed by atoms with Gasteiger partial charge in [-0.15, -0.1) is 0 Å². The van der Waals surface area contributed by atoms with Crippen molar-refractivity contribution in [1.82, 2.24) is 0 Å². The average Bonchev–Trinajstić information content (AvgIpc) is 2.01. The third-order valence-corrected chi connectivity index (χ3v) is 1.50. The van der Waals surface area contributed by atoms with Crippen molar-refractivity contribution in [3.63, 3.8) is 0 Å². The van der Waals surface area contributed by atoms with Crippen molar-refractivity contribution < 1.29 is 13.2 Å². The van der Waals surface area contributed by atoms with E-state index in [9.17, 15) is 0 Å². The Hall–Kier alpha value is -0.710. The summed E-state index contributed by atoms with van der Waals surface area (Å²) in [5.41, 5.74) is 1.40. The summed E-state index contributed by atoms with van der Waals surface area (Å²) in [6, 6.07) is 10.6. The summed E-state index contributed by atoms with van der Waals surface area (Å²) in [6.45, 7) is 1.10. The minimum Gasteiger partial charge on any atom is -0.327 e. The smallest absolute Gasteiger partial charge is 0.149 e. The van der Waals surface area contributed by atoms with E-state index in [0.717, 1.165) is 11.0 Å². The van der Waals surface area contributed by atoms with Gasteiger partial charge in [0.1, 0.15) is 17.6 Å². The minimum absolute atomic E-state index is 0.990. The first-order chi connectivity index (χ1) is 6.81. The maximum Gasteiger partial charge on any atom is 0.149 e. The summed E-state index contributed by atoms with van der Waals surface area (Å²) in [4.78, 5) is 0. The Bertz CT molecular complexity index is 289. The van der Waals surface area contributed by atoms with E-state index in [2.05, 4.69) is 51.5 Å². The molecule has 1 atom stereocenters. The lowest BCUT2D eigenvalue weighted by atomic mass is 10.2. The first-order valence-corrected chi connectivity index (χ1v) is 6.19. The predicted octanol–water partition coefficient (Wildman–Crippen LogP) is 1.73. The number of rotatable bonds is 2. The highest BCUT2D eigenvalue weighted by molar-refractivity contribution is 7.78. The molecule has 0 amide bonds. The van der Waals surface area contributed by atoms with Crippen LogP contribution in [0.2, 0.25) is 0 Å². The minimum atomic E-state index is -1.61. The van der Waals surface area contributed by atoms with Gasteiger partial charge >= 0.3 is 0 Å². The van der Waals surface area contributed by atoms with Crippen LogP contribution in [0, 0.1) is 0 Å². The van der Waals surface area contributed by atoms with Crippen molar-refractivity contribution in [2.45, 2.75) is 6.54 Å². The van der Waals surface area contributed by atoms with Gasteiger partial charge in [-0.05, 0) is 0 Å². The molecule has 1 N–H and O–H groups in total. The van der Waals surface area contributed by atoms with Crippen LogP contribution >= 0.6 is 0 Å². The summed E-state index contributed by atoms with van der Waals surface area (Å²) in [5, 5.41) is 0. The quantitative estimate of drug-likeness (QED) is 0.620. The van der Waals surface area contributed by atoms with Crippen LogP contribution in [0.4, 0.5) is 0 Å². The Balaban J connectivity index is 0.000000423. The number of hydrogen-bond donors (Lipinski definition) is 1. The molecule has 0 radical (unpaired) electrons. The zero-order valence-electron chi connectivity index (χ0n) is 9.80. The van der Waals surface area contributed by atoms with Crippen molar-refractivity contribution in [2.24, 2.45) is 0 Å². The zero-order valence-corrected chi connectivity index (χ0v) is 10.6. The van der Waals surface area contributed by atoms with E-state index in [1.807, 2.05) is 0 Å². The van der Waals surface area contributed by atoms with E-state index >= 15 is 0 Å². The molecule has 0 spiro atoms. The molecule has 1 unspecified atom stereocenters. The fraction of sp³-hybridized carbons (Fsp3) is 0.455. The SMILES string of the molecule is CS(=O)O.C[N+](C)(C)Cc1ccccc1. The molecule has 0 saturated heterocycles. The molecular formula is C11H20NO2S+. The highest BCUT2D eigenvalue weighted by Gasteiger charge is 2.06. The van der Waals surface area contributed by atoms with Crippen LogP contribution in [0.25, 0.3) is 0 Å². The maximum atomic E-state index is 9.11. The van der Waals surface area contributed by atoms with Crippen LogP contribution < -0.4 is 0 Å². The van der Waals surface area contributed by atoms with Gasteiger partial charge in [0.2, 0.25) is 0 Å². The molecule has 0 aliphatic heterocycles. The van der Waals surface area contributed by atoms with E-state index in [4.69, 9.17) is 8.76 Å². The number of nitrogens with zero attached hydrogens (tertiary/aromatic N) is 1. The molecule has 0 heterocycles. The van der Waals surface area contributed by atoms with E-state index in [0.29, 0.717) is 0 Å². The molecule has 1 aromatic rings. The van der Waals surface area contributed by atoms with Gasteiger partial charge in [0, 0.05) is 11.8 Å². The largest absolute Gasteiger partial charge is 0.327 e. The Kier molecular flexibility index (Phi) is 6.40. The van der Waals surface area contributed by atoms with E-state index < -0.39 is 11.1 Å². The maximum absolute atomic E-state index is 9.11. The van der Waals surface area contributed by atoms with Gasteiger partial charge in [0.15, 0.2) is 0 Å². The van der Waals surface area contributed by atoms with Gasteiger partial charge < -0.3 is 9.04 Å². The highest BCUT2D eigenvalue weighted by Crippen LogP contribution is 2.05. The average molecular weight is 230 g/mol. The first kappa shape index (κ1) is 14.3. The number of quaternary nitrogens is 1. The standard InChI is InChI=1S/C10H16N.CH4O2S/c1-11(2,3)9-10-7-5-4-6-8-10;1-4(2)3/h4-8H,9H2,1-3H3;1H3,(H,2,3)/q+1;. The fourth-order valence-corrected chi connectivity index (χ4v) is 1.13. The summed E-state index contributed by atoms with van der Waals surface area (Å²) in [6.07, 6.45) is 1.19. The van der Waals surface area contributed by atoms with E-state index in [-0.39, 0.29) is 0 Å². The fourth-order valence-electron chi connectivity index (χ4n) is 1.13. The Morgan fingerprint density at radius 1 is 1.20 bits per heavy atom. The molecule has 4 heteroatoms. The molecule has 0 aromatic heterocycles. The molecule has 0 aliphatic carbocycles. The molecule has 0 bridgehead atoms. The topological polar surface area (TPSA) is 37.3 Å². The molecule has 0 aliphatic rings. The third-order valence-electron chi connectivity index (χ3n) is 1.50. The molecular weight excluding hydrogens is 210 g/mol. The highest BCUT2D eigenvalue weighted by atomic mass is 32.2. The predicted molar refractivity (Wildman–Crippen MR) is 64.9 cm³/mol. The Labute approximate surface area is 94.6 Å². The second-order valence-corrected chi connectivity index (χ2v) is 5.21. The van der Waals surface area contributed by atoms with Crippen LogP contribution in [-0.4, -0.2) is 40.6 Å². The molecule has 86 valence electrons.